The van der Waals surface area contributed by atoms with E-state index in [9.17, 15) is 14.4 Å². The van der Waals surface area contributed by atoms with E-state index in [1.165, 1.54) is 0 Å². The first kappa shape index (κ1) is 33.7. The summed E-state index contributed by atoms with van der Waals surface area (Å²) in [5.74, 6) is -0.719. The fraction of sp³-hybridized carbons (Fsp3) is 0.394. The van der Waals surface area contributed by atoms with Crippen molar-refractivity contribution < 1.29 is 14.4 Å². The van der Waals surface area contributed by atoms with Crippen LogP contribution >= 0.6 is 11.6 Å². The molecular weight excluding hydrogens is 592 g/mol. The molecule has 4 rings (SSSR count). The molecule has 12 heteroatoms. The molecule has 1 heterocycles. The molecule has 45 heavy (non-hydrogen) atoms. The third-order valence-corrected chi connectivity index (χ3v) is 8.33. The second-order valence-corrected chi connectivity index (χ2v) is 11.8. The Kier molecular flexibility index (Phi) is 12.1. The molecule has 1 aliphatic heterocycles. The first-order valence-electron chi connectivity index (χ1n) is 15.2. The summed E-state index contributed by atoms with van der Waals surface area (Å²) in [6.07, 6.45) is 2.24. The molecule has 0 aromatic heterocycles. The number of hydrogen-bond donors (Lipinski definition) is 6. The van der Waals surface area contributed by atoms with Crippen LogP contribution in [0.2, 0.25) is 5.02 Å². The molecular formula is C33H43ClN8O3. The van der Waals surface area contributed by atoms with Crippen molar-refractivity contribution in [2.24, 2.45) is 22.2 Å². The highest BCUT2D eigenvalue weighted by Gasteiger charge is 2.37. The number of halogens is 1. The van der Waals surface area contributed by atoms with Gasteiger partial charge in [-0.25, -0.2) is 0 Å². The quantitative estimate of drug-likeness (QED) is 0.0935. The van der Waals surface area contributed by atoms with Crippen molar-refractivity contribution in [2.45, 2.75) is 56.3 Å². The third kappa shape index (κ3) is 9.65. The van der Waals surface area contributed by atoms with E-state index in [0.717, 1.165) is 21.9 Å². The Morgan fingerprint density at radius 2 is 1.73 bits per heavy atom. The summed E-state index contributed by atoms with van der Waals surface area (Å²) in [6, 6.07) is 19.0. The van der Waals surface area contributed by atoms with Gasteiger partial charge in [-0.1, -0.05) is 66.2 Å². The van der Waals surface area contributed by atoms with E-state index >= 15 is 0 Å². The molecule has 0 bridgehead atoms. The number of nitrogens with one attached hydrogen (secondary N) is 3. The van der Waals surface area contributed by atoms with Crippen LogP contribution in [-0.4, -0.2) is 79.4 Å². The number of carbonyl (C=O) groups is 3. The van der Waals surface area contributed by atoms with Gasteiger partial charge in [0.1, 0.15) is 6.04 Å². The normalized spacial score (nSPS) is 18.1. The molecule has 3 aromatic rings. The van der Waals surface area contributed by atoms with E-state index in [1.807, 2.05) is 48.5 Å². The van der Waals surface area contributed by atoms with Crippen molar-refractivity contribution >= 4 is 46.1 Å². The van der Waals surface area contributed by atoms with Gasteiger partial charge < -0.3 is 38.1 Å². The molecule has 1 aliphatic rings. The average Bonchev–Trinajstić information content (AvgIpc) is 3.19. The first-order valence-corrected chi connectivity index (χ1v) is 15.6. The number of carbonyl (C=O) groups excluding carboxylic acids is 3. The molecule has 1 saturated heterocycles. The van der Waals surface area contributed by atoms with Crippen LogP contribution in [0.5, 0.6) is 0 Å². The van der Waals surface area contributed by atoms with Crippen LogP contribution < -0.4 is 33.2 Å². The van der Waals surface area contributed by atoms with Crippen LogP contribution in [0.15, 0.2) is 71.7 Å². The van der Waals surface area contributed by atoms with Crippen LogP contribution in [0.3, 0.4) is 0 Å². The number of hydrogen-bond acceptors (Lipinski definition) is 6. The summed E-state index contributed by atoms with van der Waals surface area (Å²) >= 11 is 5.97. The molecule has 4 atom stereocenters. The zero-order valence-corrected chi connectivity index (χ0v) is 26.3. The topological polar surface area (TPSA) is 181 Å². The van der Waals surface area contributed by atoms with Crippen molar-refractivity contribution in [1.82, 2.24) is 20.9 Å². The van der Waals surface area contributed by atoms with Crippen LogP contribution in [-0.2, 0) is 27.2 Å². The van der Waals surface area contributed by atoms with Crippen molar-refractivity contribution in [1.29, 1.82) is 0 Å². The Hall–Kier alpha value is -4.19. The predicted molar refractivity (Wildman–Crippen MR) is 179 cm³/mol. The summed E-state index contributed by atoms with van der Waals surface area (Å²) in [7, 11) is 1.58. The van der Waals surface area contributed by atoms with Gasteiger partial charge in [0.25, 0.3) is 0 Å². The second kappa shape index (κ2) is 16.2. The fourth-order valence-corrected chi connectivity index (χ4v) is 5.77. The molecule has 3 aromatic carbocycles. The second-order valence-electron chi connectivity index (χ2n) is 11.4. The molecule has 0 radical (unpaired) electrons. The minimum Gasteiger partial charge on any atom is -0.370 e. The van der Waals surface area contributed by atoms with Crippen LogP contribution in [0.4, 0.5) is 0 Å². The Labute approximate surface area is 268 Å². The number of amides is 3. The predicted octanol–water partition coefficient (Wildman–Crippen LogP) is 1.45. The van der Waals surface area contributed by atoms with Gasteiger partial charge in [-0.2, -0.15) is 0 Å². The smallest absolute Gasteiger partial charge is 0.242 e. The highest BCUT2D eigenvalue weighted by atomic mass is 35.5. The maximum Gasteiger partial charge on any atom is 0.242 e. The fourth-order valence-electron chi connectivity index (χ4n) is 5.65. The lowest BCUT2D eigenvalue weighted by Crippen LogP contribution is -2.54. The lowest BCUT2D eigenvalue weighted by molar-refractivity contribution is -0.141. The Balaban J connectivity index is 1.48. The zero-order chi connectivity index (χ0) is 32.3. The average molecular weight is 635 g/mol. The zero-order valence-electron chi connectivity index (χ0n) is 25.5. The van der Waals surface area contributed by atoms with E-state index in [-0.39, 0.29) is 36.3 Å². The van der Waals surface area contributed by atoms with Gasteiger partial charge in [0.15, 0.2) is 5.96 Å². The number of benzene rings is 3. The van der Waals surface area contributed by atoms with Gasteiger partial charge in [0.05, 0.1) is 12.1 Å². The van der Waals surface area contributed by atoms with E-state index in [4.69, 9.17) is 28.8 Å². The van der Waals surface area contributed by atoms with Crippen LogP contribution in [0.1, 0.15) is 30.4 Å². The first-order chi connectivity index (χ1) is 21.6. The van der Waals surface area contributed by atoms with Crippen molar-refractivity contribution in [3.63, 3.8) is 0 Å². The summed E-state index contributed by atoms with van der Waals surface area (Å²) in [6.45, 7) is 0.970. The van der Waals surface area contributed by atoms with Gasteiger partial charge in [-0.15, -0.1) is 0 Å². The Morgan fingerprint density at radius 1 is 1.02 bits per heavy atom. The van der Waals surface area contributed by atoms with Crippen molar-refractivity contribution in [3.05, 3.63) is 82.9 Å². The highest BCUT2D eigenvalue weighted by molar-refractivity contribution is 6.30. The molecule has 3 amide bonds. The van der Waals surface area contributed by atoms with E-state index < -0.39 is 18.1 Å². The Morgan fingerprint density at radius 3 is 2.44 bits per heavy atom. The number of nitrogens with two attached hydrogens (primary N) is 3. The van der Waals surface area contributed by atoms with E-state index in [0.29, 0.717) is 50.2 Å². The minimum absolute atomic E-state index is 0.0117. The number of fused-ring (bicyclic) bond motifs is 1. The third-order valence-electron chi connectivity index (χ3n) is 8.08. The van der Waals surface area contributed by atoms with Crippen LogP contribution in [0.25, 0.3) is 10.8 Å². The summed E-state index contributed by atoms with van der Waals surface area (Å²) in [4.78, 5) is 45.9. The molecule has 1 fully saturated rings. The maximum absolute atomic E-state index is 14.0. The van der Waals surface area contributed by atoms with Crippen molar-refractivity contribution in [3.8, 4) is 0 Å². The number of aliphatic imine (C=N–C) groups is 1. The molecule has 240 valence electrons. The molecule has 0 spiro atoms. The number of nitrogens with zero attached hydrogens (tertiary/aromatic N) is 2. The summed E-state index contributed by atoms with van der Waals surface area (Å²) in [5.41, 5.74) is 19.0. The summed E-state index contributed by atoms with van der Waals surface area (Å²) < 4.78 is 0. The number of likely N-dealkylation sites (N-methyl/N-ethyl adjacent to an activating group) is 1. The van der Waals surface area contributed by atoms with Crippen molar-refractivity contribution in [2.75, 3.05) is 26.7 Å². The van der Waals surface area contributed by atoms with Gasteiger partial charge in [0.2, 0.25) is 17.7 Å². The maximum atomic E-state index is 14.0. The lowest BCUT2D eigenvalue weighted by atomic mass is 9.99. The van der Waals surface area contributed by atoms with Crippen LogP contribution in [0, 0.1) is 0 Å². The van der Waals surface area contributed by atoms with Gasteiger partial charge in [0, 0.05) is 44.2 Å². The van der Waals surface area contributed by atoms with Gasteiger partial charge in [-0.3, -0.25) is 19.4 Å². The molecule has 11 nitrogen and oxygen atoms in total. The molecule has 4 unspecified atom stereocenters. The van der Waals surface area contributed by atoms with Gasteiger partial charge in [-0.05, 0) is 59.7 Å². The van der Waals surface area contributed by atoms with E-state index in [1.54, 1.807) is 24.1 Å². The molecule has 0 saturated carbocycles. The highest BCUT2D eigenvalue weighted by Crippen LogP contribution is 2.21. The molecule has 0 aliphatic carbocycles. The van der Waals surface area contributed by atoms with E-state index in [2.05, 4.69) is 27.0 Å². The SMILES string of the molecule is CNC(=O)C(Cc1ccc2ccccc2c1)N1CCC(CNC(=O)C(N)Cc2ccc(Cl)cc2)NC(CCCN=C(N)N)C1=O. The monoisotopic (exact) mass is 634 g/mol. The number of guanidine groups is 1. The number of rotatable bonds is 13. The van der Waals surface area contributed by atoms with Gasteiger partial charge >= 0.3 is 0 Å². The minimum atomic E-state index is -0.745. The lowest BCUT2D eigenvalue weighted by Gasteiger charge is -2.31. The largest absolute Gasteiger partial charge is 0.370 e. The Bertz CT molecular complexity index is 1490. The molecule has 9 N–H and O–H groups in total. The standard InChI is InChI=1S/C33H43ClN8O3/c1-38-31(44)29(19-22-8-11-23-5-2-3-6-24(23)17-22)42-16-14-26(41-28(32(42)45)7-4-15-39-33(36)37)20-40-30(43)27(35)18-21-9-12-25(34)13-10-21/h2-3,5-6,8-13,17,26-29,41H,4,7,14-16,18-20,35H2,1H3,(H,38,44)(H,40,43)(H4,36,37,39). The summed E-state index contributed by atoms with van der Waals surface area (Å²) in [5, 5.41) is 11.9.